The molecule has 0 aliphatic heterocycles. The molecule has 0 aliphatic carbocycles. The first-order chi connectivity index (χ1) is 11.5. The maximum atomic E-state index is 13.0. The minimum absolute atomic E-state index is 0.222. The molecule has 6 heteroatoms. The molecule has 3 rings (SSSR count). The molecule has 0 radical (unpaired) electrons. The minimum atomic E-state index is -0.222. The second-order valence-corrected chi connectivity index (χ2v) is 6.22. The van der Waals surface area contributed by atoms with E-state index in [1.165, 1.54) is 12.1 Å². The highest BCUT2D eigenvalue weighted by molar-refractivity contribution is 7.71. The summed E-state index contributed by atoms with van der Waals surface area (Å²) in [6.07, 6.45) is 1.75. The van der Waals surface area contributed by atoms with Crippen molar-refractivity contribution < 1.29 is 4.39 Å². The molecule has 0 aliphatic rings. The highest BCUT2D eigenvalue weighted by Gasteiger charge is 2.08. The van der Waals surface area contributed by atoms with Crippen LogP contribution in [0.5, 0.6) is 0 Å². The topological polar surface area (TPSA) is 26.0 Å². The molecule has 4 nitrogen and oxygen atoms in total. The van der Waals surface area contributed by atoms with Gasteiger partial charge in [-0.15, -0.1) is 0 Å². The van der Waals surface area contributed by atoms with Crippen LogP contribution in [0.4, 0.5) is 4.39 Å². The van der Waals surface area contributed by atoms with Gasteiger partial charge in [-0.2, -0.15) is 5.10 Å². The first-order valence-electron chi connectivity index (χ1n) is 7.68. The zero-order valence-corrected chi connectivity index (χ0v) is 14.5. The van der Waals surface area contributed by atoms with E-state index in [1.807, 2.05) is 29.8 Å². The lowest BCUT2D eigenvalue weighted by molar-refractivity contribution is 0.244. The maximum absolute atomic E-state index is 13.0. The second kappa shape index (κ2) is 7.07. The van der Waals surface area contributed by atoms with Gasteiger partial charge in [-0.05, 0) is 55.5 Å². The summed E-state index contributed by atoms with van der Waals surface area (Å²) in [5.41, 5.74) is 3.23. The van der Waals surface area contributed by atoms with Crippen molar-refractivity contribution in [3.8, 4) is 5.69 Å². The maximum Gasteiger partial charge on any atom is 0.203 e. The Balaban J connectivity index is 1.75. The summed E-state index contributed by atoms with van der Waals surface area (Å²) in [5, 5.41) is 4.40. The Morgan fingerprint density at radius 2 is 1.83 bits per heavy atom. The van der Waals surface area contributed by atoms with Gasteiger partial charge < -0.3 is 0 Å². The number of hydrogen-bond acceptors (Lipinski definition) is 3. The van der Waals surface area contributed by atoms with Crippen LogP contribution in [0.3, 0.4) is 0 Å². The summed E-state index contributed by atoms with van der Waals surface area (Å²) < 4.78 is 17.3. The highest BCUT2D eigenvalue weighted by atomic mass is 32.1. The highest BCUT2D eigenvalue weighted by Crippen LogP contribution is 2.14. The zero-order valence-electron chi connectivity index (χ0n) is 13.7. The third-order valence-corrected chi connectivity index (χ3v) is 4.26. The minimum Gasteiger partial charge on any atom is -0.283 e. The van der Waals surface area contributed by atoms with E-state index in [4.69, 9.17) is 12.2 Å². The molecule has 0 N–H and O–H groups in total. The van der Waals surface area contributed by atoms with Gasteiger partial charge in [0.1, 0.15) is 12.1 Å². The number of hydrogen-bond donors (Lipinski definition) is 0. The monoisotopic (exact) mass is 342 g/mol. The Morgan fingerprint density at radius 3 is 2.54 bits per heavy atom. The van der Waals surface area contributed by atoms with Crippen LogP contribution in [0.2, 0.25) is 0 Å². The van der Waals surface area contributed by atoms with Gasteiger partial charge >= 0.3 is 0 Å². The van der Waals surface area contributed by atoms with Crippen molar-refractivity contribution in [2.75, 3.05) is 7.05 Å². The predicted octanol–water partition coefficient (Wildman–Crippen LogP) is 3.94. The van der Waals surface area contributed by atoms with E-state index in [0.29, 0.717) is 18.0 Å². The number of aromatic nitrogens is 3. The van der Waals surface area contributed by atoms with Crippen molar-refractivity contribution >= 4 is 12.2 Å². The molecule has 0 unspecified atom stereocenters. The van der Waals surface area contributed by atoms with Crippen molar-refractivity contribution in [2.24, 2.45) is 0 Å². The van der Waals surface area contributed by atoms with Crippen molar-refractivity contribution in [1.82, 2.24) is 19.2 Å². The van der Waals surface area contributed by atoms with Crippen molar-refractivity contribution in [2.45, 2.75) is 20.1 Å². The Hall–Kier alpha value is -2.31. The number of benzene rings is 2. The first kappa shape index (κ1) is 16.5. The van der Waals surface area contributed by atoms with E-state index in [-0.39, 0.29) is 5.82 Å². The molecule has 0 spiro atoms. The first-order valence-corrected chi connectivity index (χ1v) is 8.09. The van der Waals surface area contributed by atoms with E-state index in [2.05, 4.69) is 23.0 Å². The summed E-state index contributed by atoms with van der Waals surface area (Å²) in [6.45, 7) is 3.31. The van der Waals surface area contributed by atoms with Crippen LogP contribution >= 0.6 is 12.2 Å². The van der Waals surface area contributed by atoms with Crippen LogP contribution in [0.15, 0.2) is 54.9 Å². The molecule has 1 aromatic heterocycles. The Kier molecular flexibility index (Phi) is 4.87. The Morgan fingerprint density at radius 1 is 1.12 bits per heavy atom. The van der Waals surface area contributed by atoms with Crippen LogP contribution in [0, 0.1) is 17.5 Å². The number of nitrogens with zero attached hydrogens (tertiary/aromatic N) is 4. The van der Waals surface area contributed by atoms with E-state index >= 15 is 0 Å². The fourth-order valence-corrected chi connectivity index (χ4v) is 2.86. The summed E-state index contributed by atoms with van der Waals surface area (Å²) in [5.74, 6) is -0.222. The normalized spacial score (nSPS) is 11.2. The van der Waals surface area contributed by atoms with Gasteiger partial charge in [0.15, 0.2) is 0 Å². The molecule has 0 saturated carbocycles. The lowest BCUT2D eigenvalue weighted by Crippen LogP contribution is -2.22. The summed E-state index contributed by atoms with van der Waals surface area (Å²) in [7, 11) is 1.98. The lowest BCUT2D eigenvalue weighted by atomic mass is 10.2. The molecule has 0 saturated heterocycles. The molecular weight excluding hydrogens is 323 g/mol. The Labute approximate surface area is 145 Å². The fraction of sp³-hybridized carbons (Fsp3) is 0.222. The fourth-order valence-electron chi connectivity index (χ4n) is 2.61. The number of rotatable bonds is 5. The number of aryl methyl sites for hydroxylation is 1. The van der Waals surface area contributed by atoms with Crippen LogP contribution in [-0.2, 0) is 13.2 Å². The molecule has 0 atom stereocenters. The van der Waals surface area contributed by atoms with Crippen molar-refractivity contribution in [1.29, 1.82) is 0 Å². The second-order valence-electron chi connectivity index (χ2n) is 5.85. The average Bonchev–Trinajstić information content (AvgIpc) is 2.91. The molecule has 2 aromatic carbocycles. The summed E-state index contributed by atoms with van der Waals surface area (Å²) >= 11 is 5.55. The van der Waals surface area contributed by atoms with Gasteiger partial charge in [0.25, 0.3) is 0 Å². The molecule has 124 valence electrons. The third kappa shape index (κ3) is 3.60. The molecule has 1 heterocycles. The van der Waals surface area contributed by atoms with Crippen LogP contribution in [0.1, 0.15) is 11.1 Å². The van der Waals surface area contributed by atoms with Gasteiger partial charge in [0.2, 0.25) is 4.77 Å². The van der Waals surface area contributed by atoms with Gasteiger partial charge in [-0.1, -0.05) is 30.3 Å². The van der Waals surface area contributed by atoms with E-state index in [0.717, 1.165) is 16.8 Å². The standard InChI is InChI=1S/C18H19FN4S/c1-14-5-3-4-6-17(14)22-12-20-23(18(22)24)13-21(2)11-15-7-9-16(19)10-8-15/h3-10,12H,11,13H2,1-2H3. The van der Waals surface area contributed by atoms with Crippen molar-refractivity contribution in [3.05, 3.63) is 76.6 Å². The smallest absolute Gasteiger partial charge is 0.203 e. The molecular formula is C18H19FN4S. The van der Waals surface area contributed by atoms with E-state index in [1.54, 1.807) is 23.1 Å². The molecule has 0 fully saturated rings. The molecule has 3 aromatic rings. The van der Waals surface area contributed by atoms with Gasteiger partial charge in [-0.3, -0.25) is 9.47 Å². The zero-order chi connectivity index (χ0) is 17.1. The van der Waals surface area contributed by atoms with E-state index < -0.39 is 0 Å². The average molecular weight is 342 g/mol. The van der Waals surface area contributed by atoms with E-state index in [9.17, 15) is 4.39 Å². The number of halogens is 1. The SMILES string of the molecule is Cc1ccccc1-n1cnn(CN(C)Cc2ccc(F)cc2)c1=S. The van der Waals surface area contributed by atoms with Gasteiger partial charge in [0.05, 0.1) is 12.4 Å². The van der Waals surface area contributed by atoms with Gasteiger partial charge in [-0.25, -0.2) is 9.07 Å². The Bertz CT molecular complexity index is 883. The quantitative estimate of drug-likeness (QED) is 0.657. The van der Waals surface area contributed by atoms with Crippen LogP contribution in [0.25, 0.3) is 5.69 Å². The summed E-state index contributed by atoms with van der Waals surface area (Å²) in [6, 6.07) is 14.6. The lowest BCUT2D eigenvalue weighted by Gasteiger charge is -2.16. The van der Waals surface area contributed by atoms with Crippen molar-refractivity contribution in [3.63, 3.8) is 0 Å². The van der Waals surface area contributed by atoms with Gasteiger partial charge in [0, 0.05) is 6.54 Å². The van der Waals surface area contributed by atoms with Crippen LogP contribution in [-0.4, -0.2) is 26.3 Å². The molecule has 0 amide bonds. The molecule has 24 heavy (non-hydrogen) atoms. The molecule has 0 bridgehead atoms. The largest absolute Gasteiger partial charge is 0.283 e. The summed E-state index contributed by atoms with van der Waals surface area (Å²) in [4.78, 5) is 2.08. The third-order valence-electron chi connectivity index (χ3n) is 3.85. The predicted molar refractivity (Wildman–Crippen MR) is 95.0 cm³/mol. The number of para-hydroxylation sites is 1. The van der Waals surface area contributed by atoms with Crippen LogP contribution < -0.4 is 0 Å².